The maximum absolute atomic E-state index is 11.7. The molecule has 0 spiro atoms. The minimum atomic E-state index is -0.0470. The van der Waals surface area contributed by atoms with Crippen molar-refractivity contribution < 1.29 is 9.53 Å². The van der Waals surface area contributed by atoms with Crippen LogP contribution in [0.5, 0.6) is 0 Å². The summed E-state index contributed by atoms with van der Waals surface area (Å²) in [6.07, 6.45) is 8.86. The van der Waals surface area contributed by atoms with Gasteiger partial charge in [0.25, 0.3) is 0 Å². The van der Waals surface area contributed by atoms with E-state index >= 15 is 0 Å². The third kappa shape index (κ3) is 3.23. The smallest absolute Gasteiger partial charge is 0.309 e. The number of piperidine rings is 1. The zero-order chi connectivity index (χ0) is 14.8. The van der Waals surface area contributed by atoms with E-state index in [2.05, 4.69) is 22.4 Å². The number of likely N-dealkylation sites (tertiary alicyclic amines) is 1. The van der Waals surface area contributed by atoms with Crippen molar-refractivity contribution in [2.75, 3.05) is 19.7 Å². The summed E-state index contributed by atoms with van der Waals surface area (Å²) in [5.74, 6) is 1.42. The van der Waals surface area contributed by atoms with E-state index in [4.69, 9.17) is 17.0 Å². The average molecular weight is 308 g/mol. The molecular weight excluding hydrogens is 284 g/mol. The molecule has 1 saturated heterocycles. The van der Waals surface area contributed by atoms with E-state index in [1.165, 1.54) is 12.8 Å². The maximum Gasteiger partial charge on any atom is 0.309 e. The summed E-state index contributed by atoms with van der Waals surface area (Å²) in [6.45, 7) is 4.03. The van der Waals surface area contributed by atoms with Crippen molar-refractivity contribution in [1.29, 1.82) is 0 Å². The molecule has 2 bridgehead atoms. The van der Waals surface area contributed by atoms with E-state index in [9.17, 15) is 4.79 Å². The predicted molar refractivity (Wildman–Crippen MR) is 85.8 cm³/mol. The molecule has 5 heteroatoms. The fourth-order valence-electron chi connectivity index (χ4n) is 3.77. The molecule has 0 radical (unpaired) electrons. The average Bonchev–Trinajstić information content (AvgIpc) is 3.10. The molecule has 21 heavy (non-hydrogen) atoms. The number of nitrogens with zero attached hydrogens (tertiary/aromatic N) is 1. The molecule has 3 atom stereocenters. The number of nitrogens with one attached hydrogen (secondary N) is 1. The Hall–Kier alpha value is -1.10. The number of fused-ring (bicyclic) bond motifs is 2. The lowest BCUT2D eigenvalue weighted by atomic mass is 9.97. The molecule has 3 aliphatic rings. The summed E-state index contributed by atoms with van der Waals surface area (Å²) in [5.41, 5.74) is 0. The van der Waals surface area contributed by atoms with Crippen molar-refractivity contribution >= 4 is 23.3 Å². The van der Waals surface area contributed by atoms with Gasteiger partial charge in [0.2, 0.25) is 0 Å². The number of carbonyl (C=O) groups is 1. The van der Waals surface area contributed by atoms with Crippen LogP contribution >= 0.6 is 12.2 Å². The van der Waals surface area contributed by atoms with Gasteiger partial charge in [-0.15, -0.1) is 0 Å². The summed E-state index contributed by atoms with van der Waals surface area (Å²) in [4.78, 5) is 14.0. The first-order valence-electron chi connectivity index (χ1n) is 8.07. The molecule has 1 saturated carbocycles. The van der Waals surface area contributed by atoms with Gasteiger partial charge in [0.15, 0.2) is 5.11 Å². The summed E-state index contributed by atoms with van der Waals surface area (Å²) < 4.78 is 5.10. The highest BCUT2D eigenvalue weighted by Gasteiger charge is 2.36. The number of rotatable bonds is 3. The molecule has 1 aliphatic heterocycles. The number of hydrogen-bond acceptors (Lipinski definition) is 3. The van der Waals surface area contributed by atoms with Crippen LogP contribution in [0, 0.1) is 17.8 Å². The standard InChI is InChI=1S/C16H24N2O2S/c1-2-20-15(19)12-5-7-18(8-6-12)16(21)17-14-10-11-3-4-13(14)9-11/h3-4,11-14H,2,5-10H2,1H3,(H,17,21)/t11-,13-,14-/m1/s1. The van der Waals surface area contributed by atoms with Crippen molar-refractivity contribution in [2.24, 2.45) is 17.8 Å². The highest BCUT2D eigenvalue weighted by atomic mass is 32.1. The minimum Gasteiger partial charge on any atom is -0.466 e. The third-order valence-electron chi connectivity index (χ3n) is 4.99. The van der Waals surface area contributed by atoms with Gasteiger partial charge in [-0.25, -0.2) is 0 Å². The SMILES string of the molecule is CCOC(=O)C1CCN(C(=S)N[C@@H]2C[C@@H]3C=C[C@@H]2C3)CC1. The van der Waals surface area contributed by atoms with Gasteiger partial charge in [-0.05, 0) is 56.7 Å². The Morgan fingerprint density at radius 2 is 2.10 bits per heavy atom. The Balaban J connectivity index is 1.45. The van der Waals surface area contributed by atoms with Gasteiger partial charge in [-0.3, -0.25) is 4.79 Å². The quantitative estimate of drug-likeness (QED) is 0.491. The Labute approximate surface area is 131 Å². The lowest BCUT2D eigenvalue weighted by molar-refractivity contribution is -0.149. The lowest BCUT2D eigenvalue weighted by Crippen LogP contribution is -2.49. The van der Waals surface area contributed by atoms with E-state index in [0.717, 1.165) is 37.0 Å². The maximum atomic E-state index is 11.7. The second kappa shape index (κ2) is 6.34. The predicted octanol–water partition coefficient (Wildman–Crippen LogP) is 2.10. The second-order valence-corrected chi connectivity index (χ2v) is 6.74. The van der Waals surface area contributed by atoms with Crippen LogP contribution < -0.4 is 5.32 Å². The van der Waals surface area contributed by atoms with Crippen molar-refractivity contribution in [3.63, 3.8) is 0 Å². The van der Waals surface area contributed by atoms with Gasteiger partial charge in [0.05, 0.1) is 12.5 Å². The first-order chi connectivity index (χ1) is 10.2. The van der Waals surface area contributed by atoms with Crippen LogP contribution in [0.4, 0.5) is 0 Å². The van der Waals surface area contributed by atoms with Crippen LogP contribution in [0.15, 0.2) is 12.2 Å². The van der Waals surface area contributed by atoms with E-state index in [1.807, 2.05) is 6.92 Å². The fraction of sp³-hybridized carbons (Fsp3) is 0.750. The van der Waals surface area contributed by atoms with Crippen LogP contribution in [0.1, 0.15) is 32.6 Å². The molecule has 4 nitrogen and oxygen atoms in total. The monoisotopic (exact) mass is 308 g/mol. The minimum absolute atomic E-state index is 0.0470. The van der Waals surface area contributed by atoms with Crippen molar-refractivity contribution in [3.05, 3.63) is 12.2 Å². The van der Waals surface area contributed by atoms with Crippen LogP contribution in [0.25, 0.3) is 0 Å². The summed E-state index contributed by atoms with van der Waals surface area (Å²) in [5, 5.41) is 4.40. The van der Waals surface area contributed by atoms with Gasteiger partial charge in [0, 0.05) is 19.1 Å². The molecule has 0 aromatic carbocycles. The Morgan fingerprint density at radius 1 is 1.33 bits per heavy atom. The van der Waals surface area contributed by atoms with Crippen molar-refractivity contribution in [2.45, 2.75) is 38.6 Å². The van der Waals surface area contributed by atoms with E-state index in [0.29, 0.717) is 18.6 Å². The Bertz CT molecular complexity index is 444. The van der Waals surface area contributed by atoms with Gasteiger partial charge < -0.3 is 15.0 Å². The molecule has 1 heterocycles. The highest BCUT2D eigenvalue weighted by Crippen LogP contribution is 2.39. The van der Waals surface area contributed by atoms with E-state index in [-0.39, 0.29) is 11.9 Å². The summed E-state index contributed by atoms with van der Waals surface area (Å²) >= 11 is 5.56. The molecule has 2 aliphatic carbocycles. The van der Waals surface area contributed by atoms with Gasteiger partial charge in [-0.2, -0.15) is 0 Å². The second-order valence-electron chi connectivity index (χ2n) is 6.35. The number of hydrogen-bond donors (Lipinski definition) is 1. The van der Waals surface area contributed by atoms with Gasteiger partial charge >= 0.3 is 5.97 Å². The van der Waals surface area contributed by atoms with Crippen molar-refractivity contribution in [3.8, 4) is 0 Å². The zero-order valence-corrected chi connectivity index (χ0v) is 13.4. The Kier molecular flexibility index (Phi) is 4.48. The van der Waals surface area contributed by atoms with Gasteiger partial charge in [-0.1, -0.05) is 12.2 Å². The zero-order valence-electron chi connectivity index (χ0n) is 12.6. The normalized spacial score (nSPS) is 31.5. The molecule has 0 amide bonds. The number of allylic oxidation sites excluding steroid dienone is 1. The molecule has 1 N–H and O–H groups in total. The van der Waals surface area contributed by atoms with Crippen molar-refractivity contribution in [1.82, 2.24) is 10.2 Å². The molecule has 2 fully saturated rings. The Morgan fingerprint density at radius 3 is 2.67 bits per heavy atom. The van der Waals surface area contributed by atoms with Crippen LogP contribution in [0.3, 0.4) is 0 Å². The largest absolute Gasteiger partial charge is 0.466 e. The van der Waals surface area contributed by atoms with E-state index in [1.54, 1.807) is 0 Å². The molecule has 3 rings (SSSR count). The van der Waals surface area contributed by atoms with Crippen LogP contribution in [-0.4, -0.2) is 41.7 Å². The third-order valence-corrected chi connectivity index (χ3v) is 5.37. The highest BCUT2D eigenvalue weighted by molar-refractivity contribution is 7.80. The van der Waals surface area contributed by atoms with Gasteiger partial charge in [0.1, 0.15) is 0 Å². The summed E-state index contributed by atoms with van der Waals surface area (Å²) in [6, 6.07) is 0.510. The lowest BCUT2D eigenvalue weighted by Gasteiger charge is -2.34. The number of carbonyl (C=O) groups excluding carboxylic acids is 1. The fourth-order valence-corrected chi connectivity index (χ4v) is 4.11. The first-order valence-corrected chi connectivity index (χ1v) is 8.48. The molecular formula is C16H24N2O2S. The number of thiocarbonyl (C=S) groups is 1. The molecule has 0 unspecified atom stereocenters. The van der Waals surface area contributed by atoms with Crippen LogP contribution in [-0.2, 0) is 9.53 Å². The molecule has 116 valence electrons. The number of ether oxygens (including phenoxy) is 1. The first kappa shape index (κ1) is 14.8. The van der Waals surface area contributed by atoms with Crippen LogP contribution in [0.2, 0.25) is 0 Å². The molecule has 0 aromatic rings. The summed E-state index contributed by atoms with van der Waals surface area (Å²) in [7, 11) is 0. The number of esters is 1. The van der Waals surface area contributed by atoms with E-state index < -0.39 is 0 Å². The molecule has 0 aromatic heterocycles. The topological polar surface area (TPSA) is 41.6 Å².